The van der Waals surface area contributed by atoms with Crippen LogP contribution in [0.5, 0.6) is 5.75 Å². The van der Waals surface area contributed by atoms with Crippen molar-refractivity contribution in [2.45, 2.75) is 6.92 Å². The van der Waals surface area contributed by atoms with Gasteiger partial charge in [0, 0.05) is 11.1 Å². The van der Waals surface area contributed by atoms with Gasteiger partial charge in [0.05, 0.1) is 30.2 Å². The lowest BCUT2D eigenvalue weighted by molar-refractivity contribution is 0.412. The number of methoxy groups -OCH3 is 1. The van der Waals surface area contributed by atoms with E-state index in [2.05, 4.69) is 10.3 Å². The first-order valence-corrected chi connectivity index (χ1v) is 6.74. The van der Waals surface area contributed by atoms with Gasteiger partial charge in [0.25, 0.3) is 0 Å². The number of rotatable bonds is 3. The molecule has 3 aromatic rings. The van der Waals surface area contributed by atoms with Gasteiger partial charge >= 0.3 is 0 Å². The summed E-state index contributed by atoms with van der Waals surface area (Å²) in [6, 6.07) is 13.9. The highest BCUT2D eigenvalue weighted by Gasteiger charge is 2.07. The zero-order valence-electron chi connectivity index (χ0n) is 12.1. The molecule has 4 nitrogen and oxygen atoms in total. The van der Waals surface area contributed by atoms with Gasteiger partial charge in [-0.2, -0.15) is 0 Å². The number of hydrogen-bond acceptors (Lipinski definition) is 4. The van der Waals surface area contributed by atoms with Crippen LogP contribution in [0.4, 0.5) is 17.1 Å². The summed E-state index contributed by atoms with van der Waals surface area (Å²) in [6.45, 7) is 2.01. The van der Waals surface area contributed by atoms with E-state index in [0.717, 1.165) is 33.6 Å². The second-order valence-corrected chi connectivity index (χ2v) is 4.92. The molecule has 4 heteroatoms. The molecule has 0 spiro atoms. The van der Waals surface area contributed by atoms with Crippen LogP contribution in [0.3, 0.4) is 0 Å². The molecule has 0 atom stereocenters. The van der Waals surface area contributed by atoms with E-state index in [1.807, 2.05) is 49.4 Å². The summed E-state index contributed by atoms with van der Waals surface area (Å²) >= 11 is 0. The average Bonchev–Trinajstić information content (AvgIpc) is 2.50. The van der Waals surface area contributed by atoms with Crippen molar-refractivity contribution in [3.05, 3.63) is 54.2 Å². The lowest BCUT2D eigenvalue weighted by Gasteiger charge is -2.13. The first-order chi connectivity index (χ1) is 10.2. The van der Waals surface area contributed by atoms with Crippen LogP contribution in [0.1, 0.15) is 5.56 Å². The van der Waals surface area contributed by atoms with Crippen molar-refractivity contribution in [2.24, 2.45) is 0 Å². The Balaban J connectivity index is 2.05. The second kappa shape index (κ2) is 5.32. The van der Waals surface area contributed by atoms with Crippen LogP contribution in [0, 0.1) is 6.92 Å². The van der Waals surface area contributed by atoms with Crippen LogP contribution in [-0.4, -0.2) is 12.1 Å². The number of fused-ring (bicyclic) bond motifs is 1. The molecule has 0 bridgehead atoms. The third kappa shape index (κ3) is 2.48. The van der Waals surface area contributed by atoms with Crippen LogP contribution in [-0.2, 0) is 0 Å². The Morgan fingerprint density at radius 3 is 2.71 bits per heavy atom. The number of benzene rings is 2. The van der Waals surface area contributed by atoms with Crippen LogP contribution >= 0.6 is 0 Å². The molecular weight excluding hydrogens is 262 g/mol. The van der Waals surface area contributed by atoms with Crippen molar-refractivity contribution < 1.29 is 4.74 Å². The number of aromatic nitrogens is 1. The summed E-state index contributed by atoms with van der Waals surface area (Å²) in [4.78, 5) is 4.34. The highest BCUT2D eigenvalue weighted by Crippen LogP contribution is 2.31. The molecule has 0 saturated carbocycles. The van der Waals surface area contributed by atoms with Crippen LogP contribution in [0.2, 0.25) is 0 Å². The normalized spacial score (nSPS) is 10.6. The standard InChI is InChI=1S/C17H17N3O/c1-11-9-12(7-8-16(11)21-2)20-17-13-5-3-4-6-15(13)19-10-14(17)18/h3-10H,18H2,1-2H3,(H,19,20). The Labute approximate surface area is 123 Å². The molecule has 106 valence electrons. The molecule has 3 rings (SSSR count). The molecule has 0 saturated heterocycles. The lowest BCUT2D eigenvalue weighted by atomic mass is 10.1. The maximum absolute atomic E-state index is 6.08. The first kappa shape index (κ1) is 13.2. The van der Waals surface area contributed by atoms with E-state index >= 15 is 0 Å². The molecule has 0 aliphatic rings. The van der Waals surface area contributed by atoms with Crippen molar-refractivity contribution in [1.29, 1.82) is 0 Å². The summed E-state index contributed by atoms with van der Waals surface area (Å²) in [5.74, 6) is 0.869. The topological polar surface area (TPSA) is 60.2 Å². The molecule has 0 fully saturated rings. The van der Waals surface area contributed by atoms with Crippen molar-refractivity contribution >= 4 is 28.0 Å². The van der Waals surface area contributed by atoms with Gasteiger partial charge in [-0.3, -0.25) is 4.98 Å². The average molecular weight is 279 g/mol. The number of anilines is 3. The van der Waals surface area contributed by atoms with Gasteiger partial charge in [-0.05, 0) is 36.8 Å². The molecule has 3 N–H and O–H groups in total. The van der Waals surface area contributed by atoms with Gasteiger partial charge in [-0.15, -0.1) is 0 Å². The molecule has 0 radical (unpaired) electrons. The van der Waals surface area contributed by atoms with E-state index in [-0.39, 0.29) is 0 Å². The predicted octanol–water partition coefficient (Wildman–Crippen LogP) is 3.88. The van der Waals surface area contributed by atoms with Crippen LogP contribution in [0.15, 0.2) is 48.7 Å². The zero-order valence-corrected chi connectivity index (χ0v) is 12.1. The van der Waals surface area contributed by atoms with Gasteiger partial charge in [0.15, 0.2) is 0 Å². The molecule has 21 heavy (non-hydrogen) atoms. The minimum atomic E-state index is 0.627. The third-order valence-corrected chi connectivity index (χ3v) is 3.47. The Morgan fingerprint density at radius 1 is 1.14 bits per heavy atom. The number of para-hydroxylation sites is 1. The highest BCUT2D eigenvalue weighted by atomic mass is 16.5. The Bertz CT molecular complexity index is 799. The molecule has 0 unspecified atom stereocenters. The monoisotopic (exact) mass is 279 g/mol. The minimum Gasteiger partial charge on any atom is -0.496 e. The van der Waals surface area contributed by atoms with Gasteiger partial charge in [-0.1, -0.05) is 18.2 Å². The number of hydrogen-bond donors (Lipinski definition) is 2. The molecule has 0 aliphatic carbocycles. The molecular formula is C17H17N3O. The van der Waals surface area contributed by atoms with E-state index in [0.29, 0.717) is 5.69 Å². The minimum absolute atomic E-state index is 0.627. The molecule has 1 aromatic heterocycles. The van der Waals surface area contributed by atoms with Crippen molar-refractivity contribution in [3.63, 3.8) is 0 Å². The number of nitrogens with two attached hydrogens (primary N) is 1. The largest absolute Gasteiger partial charge is 0.496 e. The summed E-state index contributed by atoms with van der Waals surface area (Å²) < 4.78 is 5.28. The number of pyridine rings is 1. The van der Waals surface area contributed by atoms with E-state index < -0.39 is 0 Å². The van der Waals surface area contributed by atoms with Crippen LogP contribution in [0.25, 0.3) is 10.9 Å². The summed E-state index contributed by atoms with van der Waals surface area (Å²) in [6.07, 6.45) is 1.68. The fraction of sp³-hybridized carbons (Fsp3) is 0.118. The number of nitrogens with one attached hydrogen (secondary N) is 1. The number of nitrogens with zero attached hydrogens (tertiary/aromatic N) is 1. The molecule has 0 aliphatic heterocycles. The van der Waals surface area contributed by atoms with Gasteiger partial charge in [0.1, 0.15) is 5.75 Å². The van der Waals surface area contributed by atoms with Gasteiger partial charge < -0.3 is 15.8 Å². The summed E-state index contributed by atoms with van der Waals surface area (Å²) in [5.41, 5.74) is 10.5. The van der Waals surface area contributed by atoms with E-state index in [1.165, 1.54) is 0 Å². The number of nitrogen functional groups attached to an aromatic ring is 1. The fourth-order valence-corrected chi connectivity index (χ4v) is 2.40. The Hall–Kier alpha value is -2.75. The third-order valence-electron chi connectivity index (χ3n) is 3.47. The maximum atomic E-state index is 6.08. The molecule has 1 heterocycles. The van der Waals surface area contributed by atoms with E-state index in [9.17, 15) is 0 Å². The first-order valence-electron chi connectivity index (χ1n) is 6.74. The van der Waals surface area contributed by atoms with Crippen molar-refractivity contribution in [3.8, 4) is 5.75 Å². The lowest BCUT2D eigenvalue weighted by Crippen LogP contribution is -1.99. The van der Waals surface area contributed by atoms with Gasteiger partial charge in [0.2, 0.25) is 0 Å². The van der Waals surface area contributed by atoms with E-state index in [1.54, 1.807) is 13.3 Å². The SMILES string of the molecule is COc1ccc(Nc2c(N)cnc3ccccc23)cc1C. The molecule has 0 amide bonds. The zero-order chi connectivity index (χ0) is 14.8. The summed E-state index contributed by atoms with van der Waals surface area (Å²) in [5, 5.41) is 4.39. The van der Waals surface area contributed by atoms with Crippen molar-refractivity contribution in [2.75, 3.05) is 18.2 Å². The van der Waals surface area contributed by atoms with Gasteiger partial charge in [-0.25, -0.2) is 0 Å². The Kier molecular flexibility index (Phi) is 3.36. The van der Waals surface area contributed by atoms with Crippen molar-refractivity contribution in [1.82, 2.24) is 4.98 Å². The number of ether oxygens (including phenoxy) is 1. The quantitative estimate of drug-likeness (QED) is 0.764. The highest BCUT2D eigenvalue weighted by molar-refractivity contribution is 5.98. The second-order valence-electron chi connectivity index (χ2n) is 4.92. The van der Waals surface area contributed by atoms with E-state index in [4.69, 9.17) is 10.5 Å². The molecule has 2 aromatic carbocycles. The van der Waals surface area contributed by atoms with Crippen LogP contribution < -0.4 is 15.8 Å². The smallest absolute Gasteiger partial charge is 0.121 e. The fourth-order valence-electron chi connectivity index (χ4n) is 2.40. The Morgan fingerprint density at radius 2 is 1.95 bits per heavy atom. The summed E-state index contributed by atoms with van der Waals surface area (Å²) in [7, 11) is 1.67. The predicted molar refractivity (Wildman–Crippen MR) is 87.2 cm³/mol. The number of aryl methyl sites for hydroxylation is 1. The maximum Gasteiger partial charge on any atom is 0.121 e.